The van der Waals surface area contributed by atoms with Crippen LogP contribution >= 0.6 is 11.6 Å². The first-order chi connectivity index (χ1) is 13.8. The second-order valence-corrected chi connectivity index (χ2v) is 7.98. The summed E-state index contributed by atoms with van der Waals surface area (Å²) in [6.45, 7) is 9.25. The number of rotatable bonds is 8. The summed E-state index contributed by atoms with van der Waals surface area (Å²) < 4.78 is 8.14. The standard InChI is InChI=1S/C23H28ClN3O2/c1-16(2)26(14-17(3)28)15-22-18(4)25-27(20-8-6-5-7-9-20)23(22)29-21-12-10-19(24)11-13-21/h5-13,16-17,28H,14-15H2,1-4H3. The molecule has 3 aromatic rings. The lowest BCUT2D eigenvalue weighted by Crippen LogP contribution is -2.36. The summed E-state index contributed by atoms with van der Waals surface area (Å²) in [5, 5.41) is 15.3. The van der Waals surface area contributed by atoms with Crippen molar-refractivity contribution < 1.29 is 9.84 Å². The maximum Gasteiger partial charge on any atom is 0.227 e. The van der Waals surface area contributed by atoms with Crippen LogP contribution in [-0.4, -0.2) is 38.5 Å². The van der Waals surface area contributed by atoms with Crippen LogP contribution in [0.3, 0.4) is 0 Å². The van der Waals surface area contributed by atoms with E-state index < -0.39 is 6.10 Å². The van der Waals surface area contributed by atoms with Crippen LogP contribution in [0.15, 0.2) is 54.6 Å². The van der Waals surface area contributed by atoms with Crippen LogP contribution in [0.1, 0.15) is 32.0 Å². The number of halogens is 1. The van der Waals surface area contributed by atoms with Crippen molar-refractivity contribution in [1.82, 2.24) is 14.7 Å². The molecular formula is C23H28ClN3O2. The Kier molecular flexibility index (Phi) is 6.96. The molecule has 0 bridgehead atoms. The van der Waals surface area contributed by atoms with Crippen LogP contribution in [0.5, 0.6) is 11.6 Å². The van der Waals surface area contributed by atoms with Gasteiger partial charge in [-0.2, -0.15) is 5.10 Å². The van der Waals surface area contributed by atoms with Crippen LogP contribution in [-0.2, 0) is 6.54 Å². The van der Waals surface area contributed by atoms with Crippen LogP contribution < -0.4 is 4.74 Å². The van der Waals surface area contributed by atoms with E-state index in [4.69, 9.17) is 21.4 Å². The van der Waals surface area contributed by atoms with E-state index in [1.807, 2.05) is 54.1 Å². The molecule has 29 heavy (non-hydrogen) atoms. The molecule has 2 aromatic carbocycles. The summed E-state index contributed by atoms with van der Waals surface area (Å²) in [5.41, 5.74) is 2.82. The number of aliphatic hydroxyl groups excluding tert-OH is 1. The summed E-state index contributed by atoms with van der Waals surface area (Å²) in [7, 11) is 0. The minimum absolute atomic E-state index is 0.271. The highest BCUT2D eigenvalue weighted by atomic mass is 35.5. The molecule has 0 aliphatic heterocycles. The normalized spacial score (nSPS) is 12.6. The topological polar surface area (TPSA) is 50.5 Å². The Morgan fingerprint density at radius 2 is 1.72 bits per heavy atom. The Balaban J connectivity index is 2.04. The van der Waals surface area contributed by atoms with E-state index in [1.165, 1.54) is 0 Å². The average molecular weight is 414 g/mol. The summed E-state index contributed by atoms with van der Waals surface area (Å²) in [6.07, 6.45) is -0.414. The van der Waals surface area contributed by atoms with Gasteiger partial charge in [0.15, 0.2) is 0 Å². The van der Waals surface area contributed by atoms with Gasteiger partial charge >= 0.3 is 0 Å². The Labute approximate surface area is 177 Å². The first kappa shape index (κ1) is 21.4. The van der Waals surface area contributed by atoms with Crippen LogP contribution in [0.25, 0.3) is 5.69 Å². The summed E-state index contributed by atoms with van der Waals surface area (Å²) in [4.78, 5) is 2.22. The minimum Gasteiger partial charge on any atom is -0.439 e. The lowest BCUT2D eigenvalue weighted by Gasteiger charge is -2.27. The van der Waals surface area contributed by atoms with E-state index in [9.17, 15) is 5.11 Å². The minimum atomic E-state index is -0.414. The molecule has 0 saturated carbocycles. The van der Waals surface area contributed by atoms with Gasteiger partial charge in [-0.15, -0.1) is 0 Å². The number of nitrogens with zero attached hydrogens (tertiary/aromatic N) is 3. The van der Waals surface area contributed by atoms with Gasteiger partial charge in [-0.1, -0.05) is 29.8 Å². The van der Waals surface area contributed by atoms with Gasteiger partial charge in [-0.25, -0.2) is 4.68 Å². The quantitative estimate of drug-likeness (QED) is 0.550. The highest BCUT2D eigenvalue weighted by molar-refractivity contribution is 6.30. The number of aromatic nitrogens is 2. The van der Waals surface area contributed by atoms with Crippen molar-refractivity contribution in [3.63, 3.8) is 0 Å². The average Bonchev–Trinajstić information content (AvgIpc) is 2.99. The molecule has 0 aliphatic carbocycles. The van der Waals surface area contributed by atoms with Gasteiger partial charge in [-0.3, -0.25) is 4.90 Å². The molecule has 1 unspecified atom stereocenters. The first-order valence-corrected chi connectivity index (χ1v) is 10.2. The maximum absolute atomic E-state index is 9.93. The molecule has 3 rings (SSSR count). The lowest BCUT2D eigenvalue weighted by molar-refractivity contribution is 0.102. The fourth-order valence-corrected chi connectivity index (χ4v) is 3.31. The predicted molar refractivity (Wildman–Crippen MR) is 117 cm³/mol. The molecule has 0 saturated heterocycles. The number of ether oxygens (including phenoxy) is 1. The molecule has 0 amide bonds. The zero-order valence-corrected chi connectivity index (χ0v) is 18.1. The third-order valence-electron chi connectivity index (χ3n) is 4.76. The smallest absolute Gasteiger partial charge is 0.227 e. The number of aliphatic hydroxyl groups is 1. The SMILES string of the molecule is Cc1nn(-c2ccccc2)c(Oc2ccc(Cl)cc2)c1CN(CC(C)O)C(C)C. The molecule has 5 nitrogen and oxygen atoms in total. The third-order valence-corrected chi connectivity index (χ3v) is 5.01. The molecule has 1 aromatic heterocycles. The number of hydrogen-bond donors (Lipinski definition) is 1. The highest BCUT2D eigenvalue weighted by Crippen LogP contribution is 2.32. The maximum atomic E-state index is 9.93. The number of aryl methyl sites for hydroxylation is 1. The van der Waals surface area contributed by atoms with Crippen molar-refractivity contribution in [3.8, 4) is 17.3 Å². The Bertz CT molecular complexity index is 921. The zero-order chi connectivity index (χ0) is 21.0. The second kappa shape index (κ2) is 9.44. The second-order valence-electron chi connectivity index (χ2n) is 7.54. The Hall–Kier alpha value is -2.34. The van der Waals surface area contributed by atoms with Gasteiger partial charge in [0, 0.05) is 24.2 Å². The molecule has 1 N–H and O–H groups in total. The molecule has 1 heterocycles. The van der Waals surface area contributed by atoms with Crippen LogP contribution in [0, 0.1) is 6.92 Å². The number of hydrogen-bond acceptors (Lipinski definition) is 4. The fraction of sp³-hybridized carbons (Fsp3) is 0.348. The third kappa shape index (κ3) is 5.38. The Morgan fingerprint density at radius 1 is 1.07 bits per heavy atom. The Morgan fingerprint density at radius 3 is 2.31 bits per heavy atom. The number of para-hydroxylation sites is 1. The molecule has 1 atom stereocenters. The molecule has 0 aliphatic rings. The largest absolute Gasteiger partial charge is 0.439 e. The predicted octanol–water partition coefficient (Wildman–Crippen LogP) is 5.22. The van der Waals surface area contributed by atoms with Crippen LogP contribution in [0.4, 0.5) is 0 Å². The van der Waals surface area contributed by atoms with E-state index in [2.05, 4.69) is 18.7 Å². The monoisotopic (exact) mass is 413 g/mol. The summed E-state index contributed by atoms with van der Waals surface area (Å²) in [5.74, 6) is 1.37. The highest BCUT2D eigenvalue weighted by Gasteiger charge is 2.23. The van der Waals surface area contributed by atoms with Gasteiger partial charge in [0.05, 0.1) is 23.0 Å². The van der Waals surface area contributed by atoms with Gasteiger partial charge in [0.1, 0.15) is 5.75 Å². The van der Waals surface area contributed by atoms with Crippen molar-refractivity contribution in [2.75, 3.05) is 6.54 Å². The van der Waals surface area contributed by atoms with Gasteiger partial charge in [0.2, 0.25) is 5.88 Å². The van der Waals surface area contributed by atoms with E-state index in [0.717, 1.165) is 16.9 Å². The molecular weight excluding hydrogens is 386 g/mol. The zero-order valence-electron chi connectivity index (χ0n) is 17.3. The summed E-state index contributed by atoms with van der Waals surface area (Å²) in [6, 6.07) is 17.5. The molecule has 6 heteroatoms. The van der Waals surface area contributed by atoms with Crippen molar-refractivity contribution in [1.29, 1.82) is 0 Å². The van der Waals surface area contributed by atoms with E-state index in [0.29, 0.717) is 29.7 Å². The van der Waals surface area contributed by atoms with E-state index >= 15 is 0 Å². The number of benzene rings is 2. The van der Waals surface area contributed by atoms with Crippen molar-refractivity contribution in [3.05, 3.63) is 70.9 Å². The fourth-order valence-electron chi connectivity index (χ4n) is 3.18. The van der Waals surface area contributed by atoms with Gasteiger partial charge < -0.3 is 9.84 Å². The molecule has 0 radical (unpaired) electrons. The van der Waals surface area contributed by atoms with Crippen molar-refractivity contribution >= 4 is 11.6 Å². The summed E-state index contributed by atoms with van der Waals surface area (Å²) >= 11 is 6.03. The van der Waals surface area contributed by atoms with E-state index in [1.54, 1.807) is 19.1 Å². The van der Waals surface area contributed by atoms with Crippen LogP contribution in [0.2, 0.25) is 5.02 Å². The lowest BCUT2D eigenvalue weighted by atomic mass is 10.2. The molecule has 154 valence electrons. The molecule has 0 fully saturated rings. The van der Waals surface area contributed by atoms with Crippen molar-refractivity contribution in [2.24, 2.45) is 0 Å². The van der Waals surface area contributed by atoms with Gasteiger partial charge in [0.25, 0.3) is 0 Å². The van der Waals surface area contributed by atoms with Gasteiger partial charge in [-0.05, 0) is 64.1 Å². The molecule has 0 spiro atoms. The first-order valence-electron chi connectivity index (χ1n) is 9.84. The van der Waals surface area contributed by atoms with Crippen molar-refractivity contribution in [2.45, 2.75) is 46.4 Å². The van der Waals surface area contributed by atoms with E-state index in [-0.39, 0.29) is 6.04 Å².